The lowest BCUT2D eigenvalue weighted by Gasteiger charge is -2.29. The molecule has 0 radical (unpaired) electrons. The number of nitrogens with one attached hydrogen (secondary N) is 1. The van der Waals surface area contributed by atoms with Crippen molar-refractivity contribution in [3.8, 4) is 0 Å². The number of hydrogen-bond acceptors (Lipinski definition) is 3. The highest BCUT2D eigenvalue weighted by atomic mass is 35.5. The molecule has 5 heteroatoms. The van der Waals surface area contributed by atoms with Crippen LogP contribution in [0.4, 0.5) is 0 Å². The summed E-state index contributed by atoms with van der Waals surface area (Å²) in [6.07, 6.45) is 0.452. The maximum absolute atomic E-state index is 11.5. The monoisotopic (exact) mass is 206 g/mol. The van der Waals surface area contributed by atoms with Crippen molar-refractivity contribution in [2.24, 2.45) is 5.92 Å². The van der Waals surface area contributed by atoms with Crippen molar-refractivity contribution < 1.29 is 9.90 Å². The van der Waals surface area contributed by atoms with Crippen molar-refractivity contribution in [2.45, 2.75) is 12.5 Å². The Bertz CT molecular complexity index is 197. The molecule has 0 bridgehead atoms. The predicted molar refractivity (Wildman–Crippen MR) is 50.8 cm³/mol. The standard InChI is InChI=1S/C8H14N2O2.ClH/c11-7-1-2-10(5-7)8(12)6-3-9-4-6;/h6-7,9,11H,1-5H2;1H. The first-order chi connectivity index (χ1) is 5.77. The molecule has 1 atom stereocenters. The van der Waals surface area contributed by atoms with Gasteiger partial charge in [0.2, 0.25) is 5.91 Å². The van der Waals surface area contributed by atoms with Gasteiger partial charge in [0.1, 0.15) is 0 Å². The molecule has 0 aromatic carbocycles. The van der Waals surface area contributed by atoms with Gasteiger partial charge >= 0.3 is 0 Å². The van der Waals surface area contributed by atoms with Crippen LogP contribution in [-0.2, 0) is 4.79 Å². The van der Waals surface area contributed by atoms with Gasteiger partial charge in [-0.2, -0.15) is 0 Å². The van der Waals surface area contributed by atoms with Crippen molar-refractivity contribution in [3.05, 3.63) is 0 Å². The number of rotatable bonds is 1. The van der Waals surface area contributed by atoms with Gasteiger partial charge in [-0.05, 0) is 6.42 Å². The highest BCUT2D eigenvalue weighted by Gasteiger charge is 2.32. The lowest BCUT2D eigenvalue weighted by molar-refractivity contribution is -0.136. The van der Waals surface area contributed by atoms with E-state index in [1.807, 2.05) is 0 Å². The number of nitrogens with zero attached hydrogens (tertiary/aromatic N) is 1. The van der Waals surface area contributed by atoms with Gasteiger partial charge in [0.05, 0.1) is 12.0 Å². The molecule has 1 unspecified atom stereocenters. The number of carbonyl (C=O) groups is 1. The van der Waals surface area contributed by atoms with Crippen molar-refractivity contribution in [1.29, 1.82) is 0 Å². The second kappa shape index (κ2) is 4.26. The SMILES string of the molecule is Cl.O=C(C1CNC1)N1CCC(O)C1. The van der Waals surface area contributed by atoms with Crippen LogP contribution in [0.1, 0.15) is 6.42 Å². The molecule has 0 aliphatic carbocycles. The van der Waals surface area contributed by atoms with Crippen LogP contribution < -0.4 is 5.32 Å². The largest absolute Gasteiger partial charge is 0.391 e. The third-order valence-electron chi connectivity index (χ3n) is 2.61. The molecule has 4 nitrogen and oxygen atoms in total. The maximum atomic E-state index is 11.5. The van der Waals surface area contributed by atoms with E-state index in [2.05, 4.69) is 5.32 Å². The lowest BCUT2D eigenvalue weighted by atomic mass is 10.0. The molecule has 0 aromatic heterocycles. The van der Waals surface area contributed by atoms with E-state index in [9.17, 15) is 9.90 Å². The molecule has 2 aliphatic rings. The number of aliphatic hydroxyl groups is 1. The highest BCUT2D eigenvalue weighted by molar-refractivity contribution is 5.85. The summed E-state index contributed by atoms with van der Waals surface area (Å²) in [4.78, 5) is 13.3. The third kappa shape index (κ3) is 2.13. The Morgan fingerprint density at radius 3 is 2.54 bits per heavy atom. The summed E-state index contributed by atoms with van der Waals surface area (Å²) < 4.78 is 0. The molecule has 2 fully saturated rings. The van der Waals surface area contributed by atoms with Crippen LogP contribution in [0.25, 0.3) is 0 Å². The Morgan fingerprint density at radius 2 is 2.15 bits per heavy atom. The quantitative estimate of drug-likeness (QED) is 0.592. The summed E-state index contributed by atoms with van der Waals surface area (Å²) in [6, 6.07) is 0. The molecule has 0 aromatic rings. The van der Waals surface area contributed by atoms with E-state index >= 15 is 0 Å². The van der Waals surface area contributed by atoms with Crippen LogP contribution in [0.3, 0.4) is 0 Å². The van der Waals surface area contributed by atoms with E-state index in [0.29, 0.717) is 6.54 Å². The molecule has 2 heterocycles. The molecule has 2 aliphatic heterocycles. The molecule has 2 N–H and O–H groups in total. The van der Waals surface area contributed by atoms with Crippen LogP contribution in [0.15, 0.2) is 0 Å². The molecule has 13 heavy (non-hydrogen) atoms. The molecular formula is C8H15ClN2O2. The second-order valence-corrected chi connectivity index (χ2v) is 3.58. The van der Waals surface area contributed by atoms with Crippen molar-refractivity contribution in [2.75, 3.05) is 26.2 Å². The number of amides is 1. The highest BCUT2D eigenvalue weighted by Crippen LogP contribution is 2.14. The fraction of sp³-hybridized carbons (Fsp3) is 0.875. The smallest absolute Gasteiger partial charge is 0.228 e. The number of likely N-dealkylation sites (tertiary alicyclic amines) is 1. The van der Waals surface area contributed by atoms with Gasteiger partial charge in [-0.3, -0.25) is 4.79 Å². The Balaban J connectivity index is 0.000000845. The van der Waals surface area contributed by atoms with Crippen molar-refractivity contribution in [1.82, 2.24) is 10.2 Å². The van der Waals surface area contributed by atoms with E-state index < -0.39 is 0 Å². The molecule has 2 saturated heterocycles. The number of β-amino-alcohol motifs (C(OH)–C–C–N with tert-alkyl or cyclic N) is 1. The van der Waals surface area contributed by atoms with Crippen LogP contribution in [0.2, 0.25) is 0 Å². The Hall–Kier alpha value is -0.320. The van der Waals surface area contributed by atoms with Gasteiger partial charge < -0.3 is 15.3 Å². The average molecular weight is 207 g/mol. The molecule has 0 saturated carbocycles. The first kappa shape index (κ1) is 10.8. The van der Waals surface area contributed by atoms with E-state index in [-0.39, 0.29) is 30.3 Å². The van der Waals surface area contributed by atoms with Crippen molar-refractivity contribution in [3.63, 3.8) is 0 Å². The minimum atomic E-state index is -0.290. The summed E-state index contributed by atoms with van der Waals surface area (Å²) >= 11 is 0. The minimum Gasteiger partial charge on any atom is -0.391 e. The predicted octanol–water partition coefficient (Wildman–Crippen LogP) is -0.779. The summed E-state index contributed by atoms with van der Waals surface area (Å²) in [6.45, 7) is 2.89. The maximum Gasteiger partial charge on any atom is 0.228 e. The topological polar surface area (TPSA) is 52.6 Å². The third-order valence-corrected chi connectivity index (χ3v) is 2.61. The van der Waals surface area contributed by atoms with Crippen molar-refractivity contribution >= 4 is 18.3 Å². The summed E-state index contributed by atoms with van der Waals surface area (Å²) in [5, 5.41) is 12.3. The zero-order chi connectivity index (χ0) is 8.55. The van der Waals surface area contributed by atoms with E-state index in [1.54, 1.807) is 4.90 Å². The molecule has 76 valence electrons. The normalized spacial score (nSPS) is 28.1. The Labute approximate surface area is 83.7 Å². The van der Waals surface area contributed by atoms with Crippen LogP contribution in [-0.4, -0.2) is 48.2 Å². The Morgan fingerprint density at radius 1 is 1.46 bits per heavy atom. The zero-order valence-corrected chi connectivity index (χ0v) is 8.22. The van der Waals surface area contributed by atoms with Gasteiger partial charge in [0, 0.05) is 26.2 Å². The van der Waals surface area contributed by atoms with E-state index in [4.69, 9.17) is 0 Å². The van der Waals surface area contributed by atoms with Gasteiger partial charge in [-0.25, -0.2) is 0 Å². The summed E-state index contributed by atoms with van der Waals surface area (Å²) in [5.74, 6) is 0.389. The first-order valence-electron chi connectivity index (χ1n) is 4.45. The summed E-state index contributed by atoms with van der Waals surface area (Å²) in [5.41, 5.74) is 0. The van der Waals surface area contributed by atoms with Crippen LogP contribution in [0.5, 0.6) is 0 Å². The molecular weight excluding hydrogens is 192 g/mol. The van der Waals surface area contributed by atoms with Gasteiger partial charge in [-0.1, -0.05) is 0 Å². The summed E-state index contributed by atoms with van der Waals surface area (Å²) in [7, 11) is 0. The van der Waals surface area contributed by atoms with Crippen LogP contribution >= 0.6 is 12.4 Å². The first-order valence-corrected chi connectivity index (χ1v) is 4.45. The van der Waals surface area contributed by atoms with E-state index in [0.717, 1.165) is 26.1 Å². The molecule has 0 spiro atoms. The minimum absolute atomic E-state index is 0. The Kier molecular flexibility index (Phi) is 3.53. The second-order valence-electron chi connectivity index (χ2n) is 3.58. The van der Waals surface area contributed by atoms with Gasteiger partial charge in [0.15, 0.2) is 0 Å². The number of aliphatic hydroxyl groups excluding tert-OH is 1. The molecule has 2 rings (SSSR count). The van der Waals surface area contributed by atoms with Crippen LogP contribution in [0, 0.1) is 5.92 Å². The van der Waals surface area contributed by atoms with E-state index in [1.165, 1.54) is 0 Å². The number of halogens is 1. The van der Waals surface area contributed by atoms with Gasteiger partial charge in [0.25, 0.3) is 0 Å². The fourth-order valence-electron chi connectivity index (χ4n) is 1.66. The molecule has 1 amide bonds. The average Bonchev–Trinajstić information content (AvgIpc) is 2.31. The zero-order valence-electron chi connectivity index (χ0n) is 7.40. The number of hydrogen-bond donors (Lipinski definition) is 2. The lowest BCUT2D eigenvalue weighted by Crippen LogP contribution is -2.51. The number of carbonyl (C=O) groups excluding carboxylic acids is 1. The fourth-order valence-corrected chi connectivity index (χ4v) is 1.66. The van der Waals surface area contributed by atoms with Gasteiger partial charge in [-0.15, -0.1) is 12.4 Å².